The molecule has 0 saturated heterocycles. The molecule has 1 heteroatoms. The van der Waals surface area contributed by atoms with Crippen LogP contribution in [0.1, 0.15) is 34.1 Å². The van der Waals surface area contributed by atoms with Crippen LogP contribution < -0.4 is 4.74 Å². The third-order valence-corrected chi connectivity index (χ3v) is 4.13. The van der Waals surface area contributed by atoms with Crippen molar-refractivity contribution in [1.29, 1.82) is 0 Å². The molecular formula is C17H14O. The van der Waals surface area contributed by atoms with Gasteiger partial charge in [-0.1, -0.05) is 42.5 Å². The highest BCUT2D eigenvalue weighted by Crippen LogP contribution is 2.49. The molecule has 2 atom stereocenters. The van der Waals surface area contributed by atoms with Gasteiger partial charge in [0.15, 0.2) is 0 Å². The Morgan fingerprint density at radius 1 is 0.778 bits per heavy atom. The minimum Gasteiger partial charge on any atom is -0.497 e. The van der Waals surface area contributed by atoms with E-state index in [0.717, 1.165) is 5.75 Å². The van der Waals surface area contributed by atoms with Crippen molar-refractivity contribution in [1.82, 2.24) is 0 Å². The molecule has 2 aromatic rings. The fourth-order valence-corrected chi connectivity index (χ4v) is 3.28. The zero-order valence-corrected chi connectivity index (χ0v) is 10.3. The Morgan fingerprint density at radius 2 is 1.39 bits per heavy atom. The summed E-state index contributed by atoms with van der Waals surface area (Å²) in [4.78, 5) is 0. The van der Waals surface area contributed by atoms with Gasteiger partial charge in [0.1, 0.15) is 5.75 Å². The number of hydrogen-bond acceptors (Lipinski definition) is 1. The van der Waals surface area contributed by atoms with Gasteiger partial charge in [0.05, 0.1) is 7.11 Å². The second-order valence-electron chi connectivity index (χ2n) is 4.96. The van der Waals surface area contributed by atoms with E-state index in [9.17, 15) is 0 Å². The van der Waals surface area contributed by atoms with Crippen LogP contribution >= 0.6 is 0 Å². The summed E-state index contributed by atoms with van der Waals surface area (Å²) in [5.41, 5.74) is 5.75. The van der Waals surface area contributed by atoms with E-state index < -0.39 is 0 Å². The molecule has 2 bridgehead atoms. The maximum absolute atomic E-state index is 5.35. The lowest BCUT2D eigenvalue weighted by Crippen LogP contribution is -2.20. The number of benzene rings is 2. The maximum atomic E-state index is 5.35. The Morgan fingerprint density at radius 3 is 2.06 bits per heavy atom. The van der Waals surface area contributed by atoms with Crippen molar-refractivity contribution in [2.75, 3.05) is 7.11 Å². The number of hydrogen-bond donors (Lipinski definition) is 0. The molecule has 18 heavy (non-hydrogen) atoms. The van der Waals surface area contributed by atoms with Gasteiger partial charge in [0.25, 0.3) is 0 Å². The lowest BCUT2D eigenvalue weighted by molar-refractivity contribution is 0.414. The second kappa shape index (κ2) is 3.49. The molecule has 0 radical (unpaired) electrons. The van der Waals surface area contributed by atoms with Crippen molar-refractivity contribution >= 4 is 0 Å². The summed E-state index contributed by atoms with van der Waals surface area (Å²) in [7, 11) is 1.73. The standard InChI is InChI=1S/C17H14O/c1-18-11-6-7-15-14-8-9-16(17(15)10-11)13-5-3-2-4-12(13)14/h2-10,14,16H,1H3/t14-,16+/m1/s1. The Labute approximate surface area is 107 Å². The lowest BCUT2D eigenvalue weighted by atomic mass is 9.68. The first-order valence-corrected chi connectivity index (χ1v) is 6.33. The van der Waals surface area contributed by atoms with Crippen molar-refractivity contribution in [3.63, 3.8) is 0 Å². The highest BCUT2D eigenvalue weighted by Gasteiger charge is 2.33. The summed E-state index contributed by atoms with van der Waals surface area (Å²) < 4.78 is 5.35. The molecule has 5 rings (SSSR count). The van der Waals surface area contributed by atoms with Crippen LogP contribution in [-0.4, -0.2) is 7.11 Å². The Kier molecular flexibility index (Phi) is 1.93. The Hall–Kier alpha value is -2.02. The zero-order valence-electron chi connectivity index (χ0n) is 10.3. The van der Waals surface area contributed by atoms with E-state index >= 15 is 0 Å². The Bertz CT molecular complexity index is 654. The highest BCUT2D eigenvalue weighted by atomic mass is 16.5. The number of allylic oxidation sites excluding steroid dienone is 2. The van der Waals surface area contributed by atoms with Gasteiger partial charge in [-0.3, -0.25) is 0 Å². The molecule has 0 aromatic heterocycles. The smallest absolute Gasteiger partial charge is 0.119 e. The molecular weight excluding hydrogens is 220 g/mol. The van der Waals surface area contributed by atoms with E-state index in [-0.39, 0.29) is 0 Å². The average Bonchev–Trinajstić information content (AvgIpc) is 2.47. The van der Waals surface area contributed by atoms with Gasteiger partial charge in [0, 0.05) is 11.8 Å². The predicted molar refractivity (Wildman–Crippen MR) is 72.3 cm³/mol. The zero-order chi connectivity index (χ0) is 12.1. The van der Waals surface area contributed by atoms with E-state index in [1.807, 2.05) is 0 Å². The molecule has 0 spiro atoms. The van der Waals surface area contributed by atoms with Gasteiger partial charge in [-0.2, -0.15) is 0 Å². The molecule has 1 nitrogen and oxygen atoms in total. The molecule has 0 N–H and O–H groups in total. The van der Waals surface area contributed by atoms with Gasteiger partial charge < -0.3 is 4.74 Å². The molecule has 0 fully saturated rings. The summed E-state index contributed by atoms with van der Waals surface area (Å²) in [6.07, 6.45) is 4.66. The molecule has 0 amide bonds. The monoisotopic (exact) mass is 234 g/mol. The van der Waals surface area contributed by atoms with Gasteiger partial charge in [-0.05, 0) is 34.4 Å². The molecule has 3 aliphatic rings. The van der Waals surface area contributed by atoms with Crippen LogP contribution in [0.4, 0.5) is 0 Å². The first kappa shape index (κ1) is 9.95. The second-order valence-corrected chi connectivity index (χ2v) is 4.96. The average molecular weight is 234 g/mol. The van der Waals surface area contributed by atoms with Crippen LogP contribution in [0, 0.1) is 0 Å². The van der Waals surface area contributed by atoms with Crippen LogP contribution in [0.25, 0.3) is 0 Å². The largest absolute Gasteiger partial charge is 0.497 e. The fourth-order valence-electron chi connectivity index (χ4n) is 3.28. The predicted octanol–water partition coefficient (Wildman–Crippen LogP) is 3.84. The van der Waals surface area contributed by atoms with Crippen LogP contribution in [0.3, 0.4) is 0 Å². The molecule has 3 aliphatic carbocycles. The first-order valence-electron chi connectivity index (χ1n) is 6.33. The number of methoxy groups -OCH3 is 1. The van der Waals surface area contributed by atoms with Crippen LogP contribution in [0.5, 0.6) is 5.75 Å². The summed E-state index contributed by atoms with van der Waals surface area (Å²) >= 11 is 0. The topological polar surface area (TPSA) is 9.23 Å². The minimum absolute atomic E-state index is 0.399. The highest BCUT2D eigenvalue weighted by molar-refractivity contribution is 5.61. The van der Waals surface area contributed by atoms with Crippen LogP contribution in [-0.2, 0) is 0 Å². The summed E-state index contributed by atoms with van der Waals surface area (Å²) in [6.45, 7) is 0. The molecule has 88 valence electrons. The quantitative estimate of drug-likeness (QED) is 0.681. The first-order chi connectivity index (χ1) is 8.88. The third kappa shape index (κ3) is 1.16. The molecule has 0 heterocycles. The van der Waals surface area contributed by atoms with Crippen LogP contribution in [0.15, 0.2) is 54.6 Å². The minimum atomic E-state index is 0.399. The molecule has 0 unspecified atom stereocenters. The summed E-state index contributed by atoms with van der Waals surface area (Å²) in [5.74, 6) is 1.77. The van der Waals surface area contributed by atoms with Crippen molar-refractivity contribution in [2.45, 2.75) is 11.8 Å². The molecule has 0 saturated carbocycles. The van der Waals surface area contributed by atoms with E-state index in [1.165, 1.54) is 22.3 Å². The maximum Gasteiger partial charge on any atom is 0.119 e. The van der Waals surface area contributed by atoms with Crippen molar-refractivity contribution in [3.8, 4) is 5.75 Å². The SMILES string of the molecule is COc1ccc2c(c1)[C@H]1C=C[C@@H]2c2ccccc21. The van der Waals surface area contributed by atoms with Crippen molar-refractivity contribution < 1.29 is 4.74 Å². The molecule has 0 aliphatic heterocycles. The lowest BCUT2D eigenvalue weighted by Gasteiger charge is -2.36. The van der Waals surface area contributed by atoms with Crippen molar-refractivity contribution in [2.24, 2.45) is 0 Å². The number of ether oxygens (including phenoxy) is 1. The van der Waals surface area contributed by atoms with Gasteiger partial charge in [-0.15, -0.1) is 0 Å². The fraction of sp³-hybridized carbons (Fsp3) is 0.176. The summed E-state index contributed by atoms with van der Waals surface area (Å²) in [6, 6.07) is 15.2. The van der Waals surface area contributed by atoms with E-state index in [2.05, 4.69) is 54.6 Å². The van der Waals surface area contributed by atoms with Gasteiger partial charge >= 0.3 is 0 Å². The Balaban J connectivity index is 1.97. The van der Waals surface area contributed by atoms with E-state index in [4.69, 9.17) is 4.74 Å². The third-order valence-electron chi connectivity index (χ3n) is 4.13. The number of rotatable bonds is 1. The normalized spacial score (nSPS) is 22.5. The molecule has 2 aromatic carbocycles. The van der Waals surface area contributed by atoms with Crippen LogP contribution in [0.2, 0.25) is 0 Å². The van der Waals surface area contributed by atoms with Gasteiger partial charge in [-0.25, -0.2) is 0 Å². The van der Waals surface area contributed by atoms with Crippen molar-refractivity contribution in [3.05, 3.63) is 76.9 Å². The van der Waals surface area contributed by atoms with E-state index in [1.54, 1.807) is 7.11 Å². The van der Waals surface area contributed by atoms with Gasteiger partial charge in [0.2, 0.25) is 0 Å². The van der Waals surface area contributed by atoms with E-state index in [0.29, 0.717) is 11.8 Å². The summed E-state index contributed by atoms with van der Waals surface area (Å²) in [5, 5.41) is 0.